The maximum atomic E-state index is 12.3. The van der Waals surface area contributed by atoms with Crippen LogP contribution in [0.1, 0.15) is 36.6 Å². The molecule has 0 radical (unpaired) electrons. The molecular weight excluding hydrogens is 360 g/mol. The zero-order valence-electron chi connectivity index (χ0n) is 14.8. The molecule has 0 aliphatic carbocycles. The van der Waals surface area contributed by atoms with E-state index in [0.29, 0.717) is 17.7 Å². The number of carbonyl (C=O) groups excluding carboxylic acids is 3. The zero-order valence-corrected chi connectivity index (χ0v) is 15.6. The smallest absolute Gasteiger partial charge is 0.261 e. The predicted molar refractivity (Wildman–Crippen MR) is 107 cm³/mol. The number of carbonyl (C=O) groups is 3. The van der Waals surface area contributed by atoms with Crippen molar-refractivity contribution < 1.29 is 14.4 Å². The van der Waals surface area contributed by atoms with Gasteiger partial charge in [-0.1, -0.05) is 36.4 Å². The molecule has 6 heteroatoms. The highest BCUT2D eigenvalue weighted by Gasteiger charge is 2.35. The van der Waals surface area contributed by atoms with Crippen LogP contribution < -0.4 is 5.32 Å². The van der Waals surface area contributed by atoms with Gasteiger partial charge in [-0.3, -0.25) is 19.3 Å². The second-order valence-electron chi connectivity index (χ2n) is 6.06. The molecule has 0 saturated carbocycles. The fourth-order valence-corrected chi connectivity index (χ4v) is 3.65. The third kappa shape index (κ3) is 4.28. The van der Waals surface area contributed by atoms with Gasteiger partial charge in [0.2, 0.25) is 0 Å². The summed E-state index contributed by atoms with van der Waals surface area (Å²) in [4.78, 5) is 38.0. The summed E-state index contributed by atoms with van der Waals surface area (Å²) in [5.74, 6) is 0.698. The molecule has 27 heavy (non-hydrogen) atoms. The first-order valence-electron chi connectivity index (χ1n) is 8.63. The molecule has 3 rings (SSSR count). The van der Waals surface area contributed by atoms with Gasteiger partial charge < -0.3 is 5.32 Å². The van der Waals surface area contributed by atoms with Gasteiger partial charge in [0, 0.05) is 30.2 Å². The molecule has 1 heterocycles. The molecule has 2 aromatic carbocycles. The molecule has 1 N–H and O–H groups in total. The number of fused-ring (bicyclic) bond motifs is 1. The fraction of sp³-hybridized carbons (Fsp3) is 0.190. The van der Waals surface area contributed by atoms with Gasteiger partial charge in [-0.15, -0.1) is 6.58 Å². The first kappa shape index (κ1) is 18.9. The van der Waals surface area contributed by atoms with Crippen LogP contribution in [0, 0.1) is 0 Å². The molecule has 0 spiro atoms. The lowest BCUT2D eigenvalue weighted by Crippen LogP contribution is -2.29. The van der Waals surface area contributed by atoms with E-state index in [2.05, 4.69) is 24.0 Å². The molecule has 2 aromatic rings. The van der Waals surface area contributed by atoms with Crippen molar-refractivity contribution in [2.75, 3.05) is 18.8 Å². The van der Waals surface area contributed by atoms with E-state index in [-0.39, 0.29) is 29.8 Å². The van der Waals surface area contributed by atoms with Crippen molar-refractivity contribution in [2.45, 2.75) is 5.75 Å². The highest BCUT2D eigenvalue weighted by Crippen LogP contribution is 2.24. The minimum Gasteiger partial charge on any atom is -0.351 e. The highest BCUT2D eigenvalue weighted by molar-refractivity contribution is 7.98. The molecule has 0 aromatic heterocycles. The summed E-state index contributed by atoms with van der Waals surface area (Å²) in [6.45, 7) is 4.25. The first-order chi connectivity index (χ1) is 13.1. The van der Waals surface area contributed by atoms with Gasteiger partial charge in [-0.25, -0.2) is 0 Å². The Morgan fingerprint density at radius 2 is 1.81 bits per heavy atom. The van der Waals surface area contributed by atoms with Crippen LogP contribution in [0.5, 0.6) is 0 Å². The normalized spacial score (nSPS) is 12.8. The number of amides is 3. The van der Waals surface area contributed by atoms with Crippen LogP contribution in [0.2, 0.25) is 0 Å². The molecule has 0 atom stereocenters. The van der Waals surface area contributed by atoms with Crippen molar-refractivity contribution in [3.8, 4) is 0 Å². The monoisotopic (exact) mass is 380 g/mol. The molecule has 3 amide bonds. The number of rotatable bonds is 8. The number of thioether (sulfide) groups is 1. The molecule has 0 bridgehead atoms. The van der Waals surface area contributed by atoms with E-state index in [1.165, 1.54) is 23.8 Å². The molecular formula is C21H20N2O3S. The lowest BCUT2D eigenvalue weighted by molar-refractivity contribution is 0.0672. The summed E-state index contributed by atoms with van der Waals surface area (Å²) in [6, 6.07) is 14.8. The fourth-order valence-electron chi connectivity index (χ4n) is 2.83. The summed E-state index contributed by atoms with van der Waals surface area (Å²) < 4.78 is 0. The van der Waals surface area contributed by atoms with Gasteiger partial charge >= 0.3 is 0 Å². The SMILES string of the molecule is C=CCN1C(=O)c2ccc(C(=O)NCCSCc3ccccc3)cc2C1=O. The molecule has 1 aliphatic heterocycles. The average Bonchev–Trinajstić information content (AvgIpc) is 2.93. The van der Waals surface area contributed by atoms with Crippen molar-refractivity contribution in [2.24, 2.45) is 0 Å². The third-order valence-electron chi connectivity index (χ3n) is 4.19. The Hall–Kier alpha value is -2.86. The number of nitrogens with zero attached hydrogens (tertiary/aromatic N) is 1. The van der Waals surface area contributed by atoms with Crippen LogP contribution in [-0.2, 0) is 5.75 Å². The molecule has 138 valence electrons. The second-order valence-corrected chi connectivity index (χ2v) is 7.17. The zero-order chi connectivity index (χ0) is 19.2. The lowest BCUT2D eigenvalue weighted by Gasteiger charge is -2.09. The minimum atomic E-state index is -0.386. The van der Waals surface area contributed by atoms with Crippen LogP contribution in [0.25, 0.3) is 0 Å². The van der Waals surface area contributed by atoms with Crippen molar-refractivity contribution >= 4 is 29.5 Å². The van der Waals surface area contributed by atoms with E-state index in [9.17, 15) is 14.4 Å². The molecule has 0 fully saturated rings. The lowest BCUT2D eigenvalue weighted by atomic mass is 10.1. The van der Waals surface area contributed by atoms with Crippen molar-refractivity contribution in [1.82, 2.24) is 10.2 Å². The standard InChI is InChI=1S/C21H20N2O3S/c1-2-11-23-20(25)17-9-8-16(13-18(17)21(23)26)19(24)22-10-12-27-14-15-6-4-3-5-7-15/h2-9,13H,1,10-12,14H2,(H,22,24). The number of hydrogen-bond donors (Lipinski definition) is 1. The van der Waals surface area contributed by atoms with Crippen molar-refractivity contribution in [3.05, 3.63) is 83.4 Å². The van der Waals surface area contributed by atoms with Gasteiger partial charge in [-0.2, -0.15) is 11.8 Å². The van der Waals surface area contributed by atoms with Crippen LogP contribution in [0.4, 0.5) is 0 Å². The molecule has 0 saturated heterocycles. The highest BCUT2D eigenvalue weighted by atomic mass is 32.2. The quantitative estimate of drug-likeness (QED) is 0.434. The maximum absolute atomic E-state index is 12.3. The summed E-state index contributed by atoms with van der Waals surface area (Å²) >= 11 is 1.74. The van der Waals surface area contributed by atoms with Gasteiger partial charge in [0.25, 0.3) is 17.7 Å². The Bertz CT molecular complexity index is 880. The van der Waals surface area contributed by atoms with Crippen LogP contribution >= 0.6 is 11.8 Å². The van der Waals surface area contributed by atoms with E-state index < -0.39 is 0 Å². The number of nitrogens with one attached hydrogen (secondary N) is 1. The number of imide groups is 1. The summed E-state index contributed by atoms with van der Waals surface area (Å²) in [7, 11) is 0. The van der Waals surface area contributed by atoms with E-state index >= 15 is 0 Å². The Morgan fingerprint density at radius 1 is 1.07 bits per heavy atom. The molecule has 5 nitrogen and oxygen atoms in total. The number of benzene rings is 2. The van der Waals surface area contributed by atoms with E-state index in [0.717, 1.165) is 16.4 Å². The largest absolute Gasteiger partial charge is 0.351 e. The van der Waals surface area contributed by atoms with Gasteiger partial charge in [0.15, 0.2) is 0 Å². The minimum absolute atomic E-state index is 0.159. The summed E-state index contributed by atoms with van der Waals surface area (Å²) in [5.41, 5.74) is 2.23. The van der Waals surface area contributed by atoms with Gasteiger partial charge in [0.05, 0.1) is 11.1 Å². The summed E-state index contributed by atoms with van der Waals surface area (Å²) in [5, 5.41) is 2.85. The Balaban J connectivity index is 1.53. The van der Waals surface area contributed by atoms with Gasteiger partial charge in [-0.05, 0) is 23.8 Å². The molecule has 1 aliphatic rings. The van der Waals surface area contributed by atoms with Crippen molar-refractivity contribution in [3.63, 3.8) is 0 Å². The van der Waals surface area contributed by atoms with Gasteiger partial charge in [0.1, 0.15) is 0 Å². The van der Waals surface area contributed by atoms with E-state index in [4.69, 9.17) is 0 Å². The van der Waals surface area contributed by atoms with Crippen LogP contribution in [0.3, 0.4) is 0 Å². The van der Waals surface area contributed by atoms with Crippen LogP contribution in [0.15, 0.2) is 61.2 Å². The number of hydrogen-bond acceptors (Lipinski definition) is 4. The van der Waals surface area contributed by atoms with Crippen molar-refractivity contribution in [1.29, 1.82) is 0 Å². The van der Waals surface area contributed by atoms with E-state index in [1.807, 2.05) is 18.2 Å². The Morgan fingerprint density at radius 3 is 2.56 bits per heavy atom. The van der Waals surface area contributed by atoms with E-state index in [1.54, 1.807) is 17.8 Å². The van der Waals surface area contributed by atoms with Crippen LogP contribution in [-0.4, -0.2) is 41.5 Å². The predicted octanol–water partition coefficient (Wildman–Crippen LogP) is 3.13. The third-order valence-corrected chi connectivity index (χ3v) is 5.22. The Labute approximate surface area is 162 Å². The summed E-state index contributed by atoms with van der Waals surface area (Å²) in [6.07, 6.45) is 1.50. The molecule has 0 unspecified atom stereocenters. The second kappa shape index (κ2) is 8.68. The first-order valence-corrected chi connectivity index (χ1v) is 9.78. The average molecular weight is 380 g/mol. The Kier molecular flexibility index (Phi) is 6.08. The maximum Gasteiger partial charge on any atom is 0.261 e. The topological polar surface area (TPSA) is 66.5 Å².